The summed E-state index contributed by atoms with van der Waals surface area (Å²) in [6.07, 6.45) is 0.146. The Hall–Kier alpha value is -0.810. The topological polar surface area (TPSA) is 92.4 Å². The number of likely N-dealkylation sites (N-methyl/N-ethyl adjacent to an activating group) is 1. The third kappa shape index (κ3) is 5.94. The molecule has 0 aromatic heterocycles. The molecule has 0 radical (unpaired) electrons. The maximum absolute atomic E-state index is 10.4. The van der Waals surface area contributed by atoms with Gasteiger partial charge in [0.25, 0.3) is 0 Å². The van der Waals surface area contributed by atoms with Crippen LogP contribution in [0.1, 0.15) is 14.2 Å². The van der Waals surface area contributed by atoms with E-state index in [9.17, 15) is 9.59 Å². The number of carbonyl (C=O) groups excluding carboxylic acids is 1. The second-order valence-corrected chi connectivity index (χ2v) is 2.10. The molecule has 0 fully saturated rings. The third-order valence-corrected chi connectivity index (χ3v) is 1.22. The maximum atomic E-state index is 10.4. The molecule has 5 nitrogen and oxygen atoms in total. The Morgan fingerprint density at radius 2 is 2.33 bits per heavy atom. The number of primary amides is 1. The molecule has 6 heteroatoms. The molecule has 0 saturated carbocycles. The molecule has 0 bridgehead atoms. The molecule has 0 saturated heterocycles. The van der Waals surface area contributed by atoms with Crippen molar-refractivity contribution in [2.75, 3.05) is 7.02 Å². The number of hydrogen-bond acceptors (Lipinski definition) is 3. The first kappa shape index (κ1) is 11.2. The van der Waals surface area contributed by atoms with Gasteiger partial charge < -0.3 is 16.2 Å². The van der Waals surface area contributed by atoms with Crippen molar-refractivity contribution < 1.29 is 16.1 Å². The number of carboxylic acid groups (broad SMARTS) is 1. The van der Waals surface area contributed by atoms with Crippen molar-refractivity contribution in [3.63, 3.8) is 0 Å². The highest BCUT2D eigenvalue weighted by Crippen LogP contribution is 1.95. The second kappa shape index (κ2) is 6.87. The molecule has 1 amide bonds. The van der Waals surface area contributed by atoms with Crippen molar-refractivity contribution in [2.45, 2.75) is 18.9 Å². The molecule has 72 valence electrons. The van der Waals surface area contributed by atoms with Gasteiger partial charge in [0.2, 0.25) is 5.91 Å². The lowest BCUT2D eigenvalue weighted by Crippen LogP contribution is -2.34. The number of halogens is 1. The van der Waals surface area contributed by atoms with Crippen molar-refractivity contribution >= 4 is 24.3 Å². The predicted molar refractivity (Wildman–Crippen MR) is 46.2 cm³/mol. The van der Waals surface area contributed by atoms with Crippen molar-refractivity contribution in [1.29, 1.82) is 0 Å². The van der Waals surface area contributed by atoms with Gasteiger partial charge in [0.05, 0.1) is 0 Å². The molecular weight excluding hydrogens is 184 g/mol. The lowest BCUT2D eigenvalue weighted by Gasteiger charge is -2.08. The van der Waals surface area contributed by atoms with Crippen LogP contribution < -0.4 is 11.1 Å². The van der Waals surface area contributed by atoms with Gasteiger partial charge in [-0.1, -0.05) is 0 Å². The van der Waals surface area contributed by atoms with Gasteiger partial charge in [-0.3, -0.25) is 9.59 Å². The first-order chi connectivity index (χ1) is 5.57. The summed E-state index contributed by atoms with van der Waals surface area (Å²) >= 11 is 0. The number of rotatable bonds is 5. The minimum Gasteiger partial charge on any atom is -0.480 e. The monoisotopic (exact) mass is 197 g/mol. The molecular formula is C6H13ClN2O3. The van der Waals surface area contributed by atoms with Crippen LogP contribution in [0.25, 0.3) is 0 Å². The van der Waals surface area contributed by atoms with E-state index in [1.54, 1.807) is 0 Å². The highest BCUT2D eigenvalue weighted by molar-refractivity contribution is 5.85. The van der Waals surface area contributed by atoms with E-state index in [4.69, 9.17) is 12.2 Å². The lowest BCUT2D eigenvalue weighted by molar-refractivity contribution is -0.139. The van der Waals surface area contributed by atoms with E-state index in [0.717, 1.165) is 0 Å². The molecule has 0 rings (SSSR count). The minimum atomic E-state index is -1.07. The molecule has 0 unspecified atom stereocenters. The Morgan fingerprint density at radius 1 is 1.75 bits per heavy atom. The predicted octanol–water partition coefficient (Wildman–Crippen LogP) is -0.654. The van der Waals surface area contributed by atoms with Gasteiger partial charge in [0.1, 0.15) is 6.04 Å². The zero-order valence-electron chi connectivity index (χ0n) is 7.45. The zero-order valence-corrected chi connectivity index (χ0v) is 7.26. The van der Waals surface area contributed by atoms with Crippen LogP contribution in [0, 0.1) is 0 Å². The Morgan fingerprint density at radius 3 is 2.67 bits per heavy atom. The quantitative estimate of drug-likeness (QED) is 0.546. The molecule has 12 heavy (non-hydrogen) atoms. The van der Waals surface area contributed by atoms with Crippen molar-refractivity contribution in [3.05, 3.63) is 0 Å². The first-order valence-electron chi connectivity index (χ1n) is 3.82. The smallest absolute Gasteiger partial charge is 0.320 e. The fourth-order valence-corrected chi connectivity index (χ4v) is 0.599. The summed E-state index contributed by atoms with van der Waals surface area (Å²) in [6.45, 7) is 0. The van der Waals surface area contributed by atoms with Crippen LogP contribution in [0.2, 0.25) is 0 Å². The Labute approximate surface area is 78.1 Å². The van der Waals surface area contributed by atoms with E-state index in [1.807, 2.05) is 0 Å². The first-order valence-corrected chi connectivity index (χ1v) is 3.11. The van der Waals surface area contributed by atoms with Crippen LogP contribution >= 0.6 is 12.4 Å². The molecule has 1 atom stereocenters. The summed E-state index contributed by atoms with van der Waals surface area (Å²) in [5, 5.41) is 10.9. The van der Waals surface area contributed by atoms with Gasteiger partial charge in [0.15, 0.2) is 0 Å². The van der Waals surface area contributed by atoms with Crippen molar-refractivity contribution in [1.82, 2.24) is 5.32 Å². The normalized spacial score (nSPS) is 12.5. The van der Waals surface area contributed by atoms with Gasteiger partial charge in [0, 0.05) is 7.79 Å². The van der Waals surface area contributed by atoms with Gasteiger partial charge >= 0.3 is 5.97 Å². The van der Waals surface area contributed by atoms with Crippen LogP contribution in [0.3, 0.4) is 0 Å². The van der Waals surface area contributed by atoms with E-state index < -0.39 is 17.9 Å². The number of nitrogens with two attached hydrogens (primary N) is 1. The summed E-state index contributed by atoms with van der Waals surface area (Å²) in [7, 11) is -0.185. The third-order valence-electron chi connectivity index (χ3n) is 1.22. The van der Waals surface area contributed by atoms with Crippen molar-refractivity contribution in [2.24, 2.45) is 5.73 Å². The molecule has 0 heterocycles. The molecule has 0 aromatic rings. The van der Waals surface area contributed by atoms with E-state index in [0.29, 0.717) is 0 Å². The zero-order chi connectivity index (χ0) is 9.56. The van der Waals surface area contributed by atoms with Crippen LogP contribution in [-0.4, -0.2) is 30.0 Å². The largest absolute Gasteiger partial charge is 0.480 e. The van der Waals surface area contributed by atoms with E-state index >= 15 is 0 Å². The van der Waals surface area contributed by atoms with E-state index in [2.05, 4.69) is 5.32 Å². The molecule has 4 N–H and O–H groups in total. The van der Waals surface area contributed by atoms with Crippen LogP contribution in [0.4, 0.5) is 0 Å². The number of amides is 1. The Balaban J connectivity index is 0. The van der Waals surface area contributed by atoms with E-state index in [1.165, 1.54) is 0 Å². The highest BCUT2D eigenvalue weighted by Gasteiger charge is 2.14. The molecule has 0 aliphatic rings. The average molecular weight is 198 g/mol. The number of nitrogens with one attached hydrogen (secondary N) is 1. The van der Waals surface area contributed by atoms with Crippen LogP contribution in [0.15, 0.2) is 0 Å². The molecule has 0 aliphatic heterocycles. The summed E-state index contributed by atoms with van der Waals surface area (Å²) in [4.78, 5) is 20.7. The summed E-state index contributed by atoms with van der Waals surface area (Å²) in [5.41, 5.74) is 4.83. The van der Waals surface area contributed by atoms with Gasteiger partial charge in [-0.2, -0.15) is 0 Å². The maximum Gasteiger partial charge on any atom is 0.320 e. The standard InChI is InChI=1S/C6H12N2O3.ClH/c1-8-4(6(10)11)2-3-5(7)9;/h4,8H,2-3H2,1H3,(H2,7,9)(H,10,11);1H/t4-;/m0./s1/i1D;. The van der Waals surface area contributed by atoms with Crippen LogP contribution in [0.5, 0.6) is 0 Å². The fourth-order valence-electron chi connectivity index (χ4n) is 0.599. The number of hydrogen-bond donors (Lipinski definition) is 3. The average Bonchev–Trinajstić information content (AvgIpc) is 1.96. The molecule has 0 spiro atoms. The number of aliphatic carboxylic acids is 1. The van der Waals surface area contributed by atoms with Gasteiger partial charge in [-0.05, 0) is 13.4 Å². The summed E-state index contributed by atoms with van der Waals surface area (Å²) in [6, 6.07) is -0.852. The lowest BCUT2D eigenvalue weighted by atomic mass is 10.1. The van der Waals surface area contributed by atoms with E-state index in [-0.39, 0.29) is 32.3 Å². The Bertz CT molecular complexity index is 179. The number of carbonyl (C=O) groups is 2. The highest BCUT2D eigenvalue weighted by atomic mass is 35.5. The summed E-state index contributed by atoms with van der Waals surface area (Å²) < 4.78 is 6.72. The minimum absolute atomic E-state index is 0. The molecule has 0 aromatic carbocycles. The SMILES string of the molecule is Cl.[2H]CN[C@@H](CCC(N)=O)C(=O)O. The van der Waals surface area contributed by atoms with Gasteiger partial charge in [-0.25, -0.2) is 0 Å². The number of carboxylic acids is 1. The van der Waals surface area contributed by atoms with Crippen LogP contribution in [-0.2, 0) is 9.59 Å². The Kier molecular flexibility index (Phi) is 6.41. The fraction of sp³-hybridized carbons (Fsp3) is 0.667. The van der Waals surface area contributed by atoms with Crippen molar-refractivity contribution in [3.8, 4) is 0 Å². The second-order valence-electron chi connectivity index (χ2n) is 2.10. The summed E-state index contributed by atoms with van der Waals surface area (Å²) in [5.74, 6) is -1.60. The molecule has 0 aliphatic carbocycles. The van der Waals surface area contributed by atoms with Gasteiger partial charge in [-0.15, -0.1) is 12.4 Å².